The number of rotatable bonds is 0. The van der Waals surface area contributed by atoms with Gasteiger partial charge in [-0.05, 0) is 0 Å². The molecule has 0 aliphatic heterocycles. The van der Waals surface area contributed by atoms with E-state index in [2.05, 4.69) is 9.97 Å². The lowest BCUT2D eigenvalue weighted by Crippen LogP contribution is -2.23. The lowest BCUT2D eigenvalue weighted by Gasteiger charge is -2.01. The molecule has 0 amide bonds. The number of nitrogens with two attached hydrogens (primary N) is 1. The Kier molecular flexibility index (Phi) is 2.59. The van der Waals surface area contributed by atoms with Crippen LogP contribution in [0.25, 0.3) is 11.2 Å². The zero-order valence-electron chi connectivity index (χ0n) is 8.14. The van der Waals surface area contributed by atoms with Crippen molar-refractivity contribution in [3.8, 4) is 0 Å². The Bertz CT molecular complexity index is 623. The second kappa shape index (κ2) is 3.43. The van der Waals surface area contributed by atoms with Crippen molar-refractivity contribution in [2.24, 2.45) is 14.1 Å². The molecule has 0 radical (unpaired) electrons. The average molecular weight is 232 g/mol. The lowest BCUT2D eigenvalue weighted by atomic mass is 10.5. The number of halogens is 1. The van der Waals surface area contributed by atoms with Crippen molar-refractivity contribution in [3.05, 3.63) is 21.0 Å². The van der Waals surface area contributed by atoms with Crippen LogP contribution < -0.4 is 17.1 Å². The van der Waals surface area contributed by atoms with E-state index in [1.807, 2.05) is 0 Å². The number of nitrogen functional groups attached to an aromatic ring is 1. The summed E-state index contributed by atoms with van der Waals surface area (Å²) in [5, 5.41) is 0. The Morgan fingerprint density at radius 3 is 2.47 bits per heavy atom. The average Bonchev–Trinajstić information content (AvgIpc) is 2.41. The standard InChI is InChI=1S/C7H9N5O2.ClH/c1-11-5-3(9-6(11)13)4(8)10-7(14)12(5)2;/h1-2H3,(H,9,13)(H2,8,10,14);1H. The maximum absolute atomic E-state index is 11.3. The van der Waals surface area contributed by atoms with Gasteiger partial charge in [0.15, 0.2) is 5.82 Å². The van der Waals surface area contributed by atoms with Gasteiger partial charge < -0.3 is 10.7 Å². The molecule has 0 aliphatic rings. The molecule has 0 aromatic carbocycles. The van der Waals surface area contributed by atoms with Gasteiger partial charge >= 0.3 is 11.4 Å². The van der Waals surface area contributed by atoms with Gasteiger partial charge in [-0.1, -0.05) is 0 Å². The number of aromatic amines is 1. The zero-order valence-corrected chi connectivity index (χ0v) is 8.96. The van der Waals surface area contributed by atoms with Crippen LogP contribution in [0.15, 0.2) is 9.59 Å². The highest BCUT2D eigenvalue weighted by Crippen LogP contribution is 2.10. The van der Waals surface area contributed by atoms with Gasteiger partial charge in [-0.3, -0.25) is 9.13 Å². The Morgan fingerprint density at radius 2 is 1.87 bits per heavy atom. The number of nitrogens with zero attached hydrogens (tertiary/aromatic N) is 3. The topological polar surface area (TPSA) is 98.7 Å². The number of aromatic nitrogens is 4. The molecule has 0 unspecified atom stereocenters. The summed E-state index contributed by atoms with van der Waals surface area (Å²) >= 11 is 0. The van der Waals surface area contributed by atoms with E-state index in [0.717, 1.165) is 0 Å². The maximum atomic E-state index is 11.3. The first-order chi connectivity index (χ1) is 6.52. The molecule has 2 rings (SSSR count). The molecule has 0 spiro atoms. The van der Waals surface area contributed by atoms with Crippen LogP contribution in [0.3, 0.4) is 0 Å². The maximum Gasteiger partial charge on any atom is 0.350 e. The first kappa shape index (κ1) is 11.3. The molecule has 0 fully saturated rings. The van der Waals surface area contributed by atoms with Crippen LogP contribution in [-0.4, -0.2) is 19.1 Å². The minimum atomic E-state index is -0.482. The van der Waals surface area contributed by atoms with Crippen LogP contribution >= 0.6 is 12.4 Å². The molecule has 0 bridgehead atoms. The van der Waals surface area contributed by atoms with E-state index >= 15 is 0 Å². The Balaban J connectivity index is 0.00000112. The molecular formula is C7H10ClN5O2. The quantitative estimate of drug-likeness (QED) is 0.605. The van der Waals surface area contributed by atoms with Crippen molar-refractivity contribution in [3.63, 3.8) is 0 Å². The van der Waals surface area contributed by atoms with Crippen LogP contribution in [0.5, 0.6) is 0 Å². The highest BCUT2D eigenvalue weighted by atomic mass is 35.5. The summed E-state index contributed by atoms with van der Waals surface area (Å²) in [4.78, 5) is 28.6. The fourth-order valence-electron chi connectivity index (χ4n) is 1.41. The molecule has 82 valence electrons. The smallest absolute Gasteiger partial charge is 0.350 e. The molecule has 2 aromatic heterocycles. The fraction of sp³-hybridized carbons (Fsp3) is 0.286. The van der Waals surface area contributed by atoms with Gasteiger partial charge in [0.05, 0.1) is 0 Å². The molecule has 0 atom stereocenters. The number of fused-ring (bicyclic) bond motifs is 1. The van der Waals surface area contributed by atoms with Crippen LogP contribution in [0.4, 0.5) is 5.82 Å². The lowest BCUT2D eigenvalue weighted by molar-refractivity contribution is 0.788. The third-order valence-corrected chi connectivity index (χ3v) is 2.15. The van der Waals surface area contributed by atoms with Gasteiger partial charge in [0.1, 0.15) is 11.2 Å². The molecule has 2 heterocycles. The largest absolute Gasteiger partial charge is 0.382 e. The van der Waals surface area contributed by atoms with Crippen LogP contribution in [-0.2, 0) is 14.1 Å². The minimum absolute atomic E-state index is 0. The highest BCUT2D eigenvalue weighted by molar-refractivity contribution is 5.85. The first-order valence-electron chi connectivity index (χ1n) is 3.93. The van der Waals surface area contributed by atoms with Gasteiger partial charge in [-0.25, -0.2) is 9.59 Å². The number of hydrogen-bond acceptors (Lipinski definition) is 4. The summed E-state index contributed by atoms with van der Waals surface area (Å²) in [6.45, 7) is 0. The molecule has 7 nitrogen and oxygen atoms in total. The predicted molar refractivity (Wildman–Crippen MR) is 58.2 cm³/mol. The van der Waals surface area contributed by atoms with E-state index in [0.29, 0.717) is 11.2 Å². The summed E-state index contributed by atoms with van der Waals surface area (Å²) in [5.41, 5.74) is 5.52. The monoisotopic (exact) mass is 231 g/mol. The number of nitrogens with one attached hydrogen (secondary N) is 1. The first-order valence-corrected chi connectivity index (χ1v) is 3.93. The molecule has 0 saturated carbocycles. The predicted octanol–water partition coefficient (Wildman–Crippen LogP) is -1.04. The van der Waals surface area contributed by atoms with Gasteiger partial charge in [-0.2, -0.15) is 4.98 Å². The molecule has 0 saturated heterocycles. The van der Waals surface area contributed by atoms with Crippen molar-refractivity contribution in [2.75, 3.05) is 5.73 Å². The van der Waals surface area contributed by atoms with E-state index in [9.17, 15) is 9.59 Å². The van der Waals surface area contributed by atoms with Crippen molar-refractivity contribution < 1.29 is 0 Å². The summed E-state index contributed by atoms with van der Waals surface area (Å²) in [6.07, 6.45) is 0. The van der Waals surface area contributed by atoms with Gasteiger partial charge in [0.25, 0.3) is 0 Å². The molecular weight excluding hydrogens is 222 g/mol. The molecule has 15 heavy (non-hydrogen) atoms. The fourth-order valence-corrected chi connectivity index (χ4v) is 1.41. The van der Waals surface area contributed by atoms with E-state index in [4.69, 9.17) is 5.73 Å². The van der Waals surface area contributed by atoms with Gasteiger partial charge in [0, 0.05) is 14.1 Å². The summed E-state index contributed by atoms with van der Waals surface area (Å²) in [6, 6.07) is 0. The Morgan fingerprint density at radius 1 is 1.27 bits per heavy atom. The van der Waals surface area contributed by atoms with E-state index < -0.39 is 5.69 Å². The number of aryl methyl sites for hydroxylation is 2. The number of H-pyrrole nitrogens is 1. The van der Waals surface area contributed by atoms with Crippen molar-refractivity contribution in [1.29, 1.82) is 0 Å². The Labute approximate surface area is 89.9 Å². The SMILES string of the molecule is Cl.Cn1c(=O)nc(N)c2[nH]c(=O)n(C)c21. The highest BCUT2D eigenvalue weighted by Gasteiger charge is 2.11. The van der Waals surface area contributed by atoms with E-state index in [1.54, 1.807) is 7.05 Å². The zero-order chi connectivity index (χ0) is 10.5. The van der Waals surface area contributed by atoms with Crippen LogP contribution in [0.1, 0.15) is 0 Å². The third kappa shape index (κ3) is 1.40. The second-order valence-corrected chi connectivity index (χ2v) is 3.03. The van der Waals surface area contributed by atoms with Crippen molar-refractivity contribution in [1.82, 2.24) is 19.1 Å². The molecule has 8 heteroatoms. The molecule has 2 aromatic rings. The van der Waals surface area contributed by atoms with Gasteiger partial charge in [-0.15, -0.1) is 12.4 Å². The van der Waals surface area contributed by atoms with Crippen molar-refractivity contribution in [2.45, 2.75) is 0 Å². The van der Waals surface area contributed by atoms with E-state index in [1.165, 1.54) is 16.2 Å². The Hall–Kier alpha value is -1.76. The normalized spacial score (nSPS) is 10.3. The van der Waals surface area contributed by atoms with Crippen LogP contribution in [0, 0.1) is 0 Å². The summed E-state index contributed by atoms with van der Waals surface area (Å²) in [7, 11) is 3.09. The minimum Gasteiger partial charge on any atom is -0.382 e. The van der Waals surface area contributed by atoms with E-state index in [-0.39, 0.29) is 23.9 Å². The van der Waals surface area contributed by atoms with Gasteiger partial charge in [0.2, 0.25) is 0 Å². The number of imidazole rings is 1. The second-order valence-electron chi connectivity index (χ2n) is 3.03. The molecule has 3 N–H and O–H groups in total. The number of hydrogen-bond donors (Lipinski definition) is 2. The van der Waals surface area contributed by atoms with Crippen LogP contribution in [0.2, 0.25) is 0 Å². The summed E-state index contributed by atoms with van der Waals surface area (Å²) < 4.78 is 2.58. The van der Waals surface area contributed by atoms with Crippen molar-refractivity contribution >= 4 is 29.4 Å². The third-order valence-electron chi connectivity index (χ3n) is 2.15. The summed E-state index contributed by atoms with van der Waals surface area (Å²) in [5.74, 6) is 0.0424. The number of anilines is 1. The molecule has 0 aliphatic carbocycles.